The highest BCUT2D eigenvalue weighted by molar-refractivity contribution is 4.68. The normalized spacial score (nSPS) is 30.8. The Hall–Kier alpha value is -0.520. The van der Waals surface area contributed by atoms with E-state index in [-0.39, 0.29) is 12.7 Å². The zero-order valence-corrected chi connectivity index (χ0v) is 6.29. The van der Waals surface area contributed by atoms with E-state index < -0.39 is 0 Å². The maximum atomic E-state index is 8.56. The fourth-order valence-electron chi connectivity index (χ4n) is 1.02. The van der Waals surface area contributed by atoms with Crippen molar-refractivity contribution in [3.8, 4) is 12.8 Å². The van der Waals surface area contributed by atoms with E-state index in [1.807, 2.05) is 6.92 Å². The zero-order chi connectivity index (χ0) is 7.98. The van der Waals surface area contributed by atoms with E-state index in [1.54, 1.807) is 0 Å². The smallest absolute Gasteiger partial charge is 0.0810 e. The molecule has 58 valence electrons. The van der Waals surface area contributed by atoms with Crippen LogP contribution in [-0.4, -0.2) is 23.9 Å². The number of aliphatic hydroxyl groups is 1. The number of aliphatic hydroxyl groups excluding tert-OH is 1. The maximum Gasteiger partial charge on any atom is 0.0810 e. The van der Waals surface area contributed by atoms with Crippen molar-refractivity contribution in [1.29, 1.82) is 0 Å². The van der Waals surface area contributed by atoms with Gasteiger partial charge in [-0.1, -0.05) is 0 Å². The number of hydrogen-bond acceptors (Lipinski definition) is 2. The van der Waals surface area contributed by atoms with Crippen molar-refractivity contribution < 1.29 is 9.84 Å². The lowest BCUT2D eigenvalue weighted by atomic mass is 10.2. The van der Waals surface area contributed by atoms with Gasteiger partial charge in [0.1, 0.15) is 0 Å². The molecule has 1 heterocycles. The highest BCUT2D eigenvalue weighted by Crippen LogP contribution is 2.17. The van der Waals surface area contributed by atoms with Crippen LogP contribution in [0, 0.1) is 12.8 Å². The average molecular weight is 142 g/mol. The third-order valence-electron chi connectivity index (χ3n) is 1.52. The van der Waals surface area contributed by atoms with Crippen molar-refractivity contribution in [1.82, 2.24) is 0 Å². The molecule has 0 amide bonds. The number of rotatable bonds is 1. The fourth-order valence-corrected chi connectivity index (χ4v) is 1.02. The molecular formula is C8H14O2. The van der Waals surface area contributed by atoms with E-state index in [1.165, 1.54) is 0 Å². The molecule has 1 rings (SSSR count). The van der Waals surface area contributed by atoms with Gasteiger partial charge >= 0.3 is 0 Å². The minimum atomic E-state index is 0.130. The van der Waals surface area contributed by atoms with E-state index in [0.29, 0.717) is 6.10 Å². The molecule has 1 aliphatic heterocycles. The van der Waals surface area contributed by atoms with Gasteiger partial charge in [0.25, 0.3) is 0 Å². The minimum Gasteiger partial charge on any atom is -0.394 e. The summed E-state index contributed by atoms with van der Waals surface area (Å²) in [5.74, 6) is 0. The quantitative estimate of drug-likeness (QED) is 0.549. The van der Waals surface area contributed by atoms with Crippen LogP contribution >= 0.6 is 0 Å². The Morgan fingerprint density at radius 1 is 1.50 bits per heavy atom. The molecule has 0 aromatic carbocycles. The lowest BCUT2D eigenvalue weighted by Gasteiger charge is -2.05. The second kappa shape index (κ2) is 5.28. The van der Waals surface area contributed by atoms with E-state index in [0.717, 1.165) is 12.8 Å². The molecule has 0 aromatic heterocycles. The van der Waals surface area contributed by atoms with Crippen LogP contribution in [0.2, 0.25) is 0 Å². The van der Waals surface area contributed by atoms with E-state index in [2.05, 4.69) is 12.8 Å². The summed E-state index contributed by atoms with van der Waals surface area (Å²) < 4.78 is 5.26. The Morgan fingerprint density at radius 3 is 2.30 bits per heavy atom. The first-order valence-electron chi connectivity index (χ1n) is 3.42. The molecular weight excluding hydrogens is 128 g/mol. The van der Waals surface area contributed by atoms with Gasteiger partial charge in [-0.2, -0.15) is 0 Å². The summed E-state index contributed by atoms with van der Waals surface area (Å²) >= 11 is 0. The predicted octanol–water partition coefficient (Wildman–Crippen LogP) is 0.796. The van der Waals surface area contributed by atoms with E-state index >= 15 is 0 Å². The highest BCUT2D eigenvalue weighted by atomic mass is 16.5. The second-order valence-electron chi connectivity index (χ2n) is 2.33. The van der Waals surface area contributed by atoms with Crippen LogP contribution in [0.25, 0.3) is 0 Å². The summed E-state index contributed by atoms with van der Waals surface area (Å²) in [5.41, 5.74) is 0. The largest absolute Gasteiger partial charge is 0.394 e. The molecule has 2 atom stereocenters. The zero-order valence-electron chi connectivity index (χ0n) is 6.29. The van der Waals surface area contributed by atoms with Crippen LogP contribution in [0.3, 0.4) is 0 Å². The van der Waals surface area contributed by atoms with Gasteiger partial charge in [-0.05, 0) is 19.8 Å². The first-order chi connectivity index (χ1) is 4.83. The molecule has 0 radical (unpaired) electrons. The van der Waals surface area contributed by atoms with Crippen LogP contribution in [0.1, 0.15) is 19.8 Å². The van der Waals surface area contributed by atoms with Crippen molar-refractivity contribution in [2.45, 2.75) is 32.0 Å². The summed E-state index contributed by atoms with van der Waals surface area (Å²) in [6, 6.07) is 0. The van der Waals surface area contributed by atoms with Crippen LogP contribution < -0.4 is 0 Å². The second-order valence-corrected chi connectivity index (χ2v) is 2.33. The molecule has 0 bridgehead atoms. The Kier molecular flexibility index (Phi) is 5.00. The van der Waals surface area contributed by atoms with Crippen molar-refractivity contribution in [2.24, 2.45) is 0 Å². The fraction of sp³-hybridized carbons (Fsp3) is 0.750. The average Bonchev–Trinajstić information content (AvgIpc) is 2.40. The van der Waals surface area contributed by atoms with Gasteiger partial charge in [0.2, 0.25) is 0 Å². The van der Waals surface area contributed by atoms with Crippen molar-refractivity contribution in [3.05, 3.63) is 0 Å². The summed E-state index contributed by atoms with van der Waals surface area (Å²) in [7, 11) is 0. The number of terminal acetylenes is 1. The van der Waals surface area contributed by atoms with Gasteiger partial charge in [-0.3, -0.25) is 0 Å². The molecule has 2 nitrogen and oxygen atoms in total. The first kappa shape index (κ1) is 9.48. The number of ether oxygens (including phenoxy) is 1. The van der Waals surface area contributed by atoms with Crippen molar-refractivity contribution in [2.75, 3.05) is 6.61 Å². The maximum absolute atomic E-state index is 8.56. The standard InChI is InChI=1S/C6H12O2.C2H2/c1-5-2-3-6(4-7)8-5;1-2/h5-7H,2-4H2,1H3;1-2H. The molecule has 0 spiro atoms. The summed E-state index contributed by atoms with van der Waals surface area (Å²) in [6.07, 6.45) is 10.6. The molecule has 0 saturated carbocycles. The van der Waals surface area contributed by atoms with E-state index in [4.69, 9.17) is 9.84 Å². The monoisotopic (exact) mass is 142 g/mol. The van der Waals surface area contributed by atoms with Crippen LogP contribution in [-0.2, 0) is 4.74 Å². The molecule has 0 aromatic rings. The molecule has 1 aliphatic rings. The molecule has 1 saturated heterocycles. The van der Waals surface area contributed by atoms with Crippen molar-refractivity contribution in [3.63, 3.8) is 0 Å². The molecule has 2 unspecified atom stereocenters. The Morgan fingerprint density at radius 2 is 2.10 bits per heavy atom. The SMILES string of the molecule is C#C.CC1CCC(CO)O1. The van der Waals surface area contributed by atoms with Crippen LogP contribution in [0.15, 0.2) is 0 Å². The number of hydrogen-bond donors (Lipinski definition) is 1. The van der Waals surface area contributed by atoms with Gasteiger partial charge in [0.15, 0.2) is 0 Å². The van der Waals surface area contributed by atoms with Gasteiger partial charge in [-0.25, -0.2) is 0 Å². The Balaban J connectivity index is 0.000000371. The predicted molar refractivity (Wildman–Crippen MR) is 40.5 cm³/mol. The van der Waals surface area contributed by atoms with Crippen LogP contribution in [0.4, 0.5) is 0 Å². The van der Waals surface area contributed by atoms with Gasteiger partial charge in [0.05, 0.1) is 18.8 Å². The van der Waals surface area contributed by atoms with Crippen molar-refractivity contribution >= 4 is 0 Å². The Labute approximate surface area is 62.2 Å². The lowest BCUT2D eigenvalue weighted by molar-refractivity contribution is 0.0198. The first-order valence-corrected chi connectivity index (χ1v) is 3.42. The summed E-state index contributed by atoms with van der Waals surface area (Å²) in [4.78, 5) is 0. The third kappa shape index (κ3) is 2.86. The lowest BCUT2D eigenvalue weighted by Crippen LogP contribution is -2.11. The molecule has 10 heavy (non-hydrogen) atoms. The van der Waals surface area contributed by atoms with Gasteiger partial charge in [-0.15, -0.1) is 12.8 Å². The topological polar surface area (TPSA) is 29.5 Å². The van der Waals surface area contributed by atoms with Gasteiger partial charge in [0, 0.05) is 0 Å². The highest BCUT2D eigenvalue weighted by Gasteiger charge is 2.19. The summed E-state index contributed by atoms with van der Waals surface area (Å²) in [5, 5.41) is 8.56. The Bertz CT molecular complexity index is 98.7. The molecule has 2 heteroatoms. The van der Waals surface area contributed by atoms with E-state index in [9.17, 15) is 0 Å². The van der Waals surface area contributed by atoms with Gasteiger partial charge < -0.3 is 9.84 Å². The molecule has 1 N–H and O–H groups in total. The third-order valence-corrected chi connectivity index (χ3v) is 1.52. The van der Waals surface area contributed by atoms with Crippen LogP contribution in [0.5, 0.6) is 0 Å². The minimum absolute atomic E-state index is 0.130. The molecule has 1 fully saturated rings. The summed E-state index contributed by atoms with van der Waals surface area (Å²) in [6.45, 7) is 2.22. The molecule has 0 aliphatic carbocycles.